The van der Waals surface area contributed by atoms with Crippen LogP contribution < -0.4 is 56.7 Å². The molecular weight excluding hydrogens is 243 g/mol. The normalized spacial score (nSPS) is 16.4. The van der Waals surface area contributed by atoms with Crippen molar-refractivity contribution in [2.45, 2.75) is 12.2 Å². The van der Waals surface area contributed by atoms with E-state index >= 15 is 0 Å². The third-order valence-corrected chi connectivity index (χ3v) is 2.47. The van der Waals surface area contributed by atoms with Crippen molar-refractivity contribution in [2.24, 2.45) is 0 Å². The second-order valence-corrected chi connectivity index (χ2v) is 3.82. The molecule has 0 atom stereocenters. The van der Waals surface area contributed by atoms with E-state index < -0.39 is 13.3 Å². The van der Waals surface area contributed by atoms with Crippen LogP contribution in [-0.2, 0) is 6.32 Å². The van der Waals surface area contributed by atoms with Gasteiger partial charge in [-0.05, 0) is 18.5 Å². The van der Waals surface area contributed by atoms with Crippen LogP contribution in [0.15, 0.2) is 18.2 Å². The predicted octanol–water partition coefficient (Wildman–Crippen LogP) is -1.30. The van der Waals surface area contributed by atoms with Crippen molar-refractivity contribution in [1.29, 1.82) is 0 Å². The number of halogens is 3. The second kappa shape index (κ2) is 5.97. The molecule has 2 rings (SSSR count). The summed E-state index contributed by atoms with van der Waals surface area (Å²) in [7, 11) is 0. The summed E-state index contributed by atoms with van der Waals surface area (Å²) in [5.41, 5.74) is 0.901. The van der Waals surface area contributed by atoms with Crippen LogP contribution in [0, 0.1) is 0 Å². The molecule has 1 aliphatic heterocycles. The third kappa shape index (κ3) is 4.12. The van der Waals surface area contributed by atoms with E-state index in [1.54, 1.807) is 12.1 Å². The van der Waals surface area contributed by atoms with Crippen molar-refractivity contribution < 1.29 is 64.3 Å². The summed E-state index contributed by atoms with van der Waals surface area (Å²) in [5, 5.41) is 3.07. The molecule has 0 unspecified atom stereocenters. The molecule has 0 bridgehead atoms. The van der Waals surface area contributed by atoms with Gasteiger partial charge in [-0.15, -0.1) is 0 Å². The van der Waals surface area contributed by atoms with Crippen LogP contribution >= 0.6 is 0 Å². The molecule has 0 amide bonds. The van der Waals surface area contributed by atoms with E-state index in [0.29, 0.717) is 0 Å². The molecule has 1 saturated heterocycles. The van der Waals surface area contributed by atoms with Crippen molar-refractivity contribution in [3.8, 4) is 0 Å². The maximum Gasteiger partial charge on any atom is 1.00 e. The minimum Gasteiger partial charge on any atom is -0.449 e. The van der Waals surface area contributed by atoms with Crippen molar-refractivity contribution in [2.75, 3.05) is 13.1 Å². The van der Waals surface area contributed by atoms with Gasteiger partial charge in [0, 0.05) is 30.4 Å². The van der Waals surface area contributed by atoms with Crippen LogP contribution in [0.2, 0.25) is 0 Å². The first-order valence-corrected chi connectivity index (χ1v) is 4.92. The molecule has 0 aromatic carbocycles. The third-order valence-electron chi connectivity index (χ3n) is 2.47. The largest absolute Gasteiger partial charge is 1.00 e. The molecule has 1 aliphatic rings. The summed E-state index contributed by atoms with van der Waals surface area (Å²) >= 11 is 0. The number of pyridine rings is 1. The van der Waals surface area contributed by atoms with Gasteiger partial charge in [0.1, 0.15) is 0 Å². The predicted molar refractivity (Wildman–Crippen MR) is 52.6 cm³/mol. The Bertz CT molecular complexity index is 355. The number of aromatic nitrogens is 1. The summed E-state index contributed by atoms with van der Waals surface area (Å²) < 4.78 is 36.5. The first-order chi connectivity index (χ1) is 7.04. The minimum atomic E-state index is -4.78. The Balaban J connectivity index is 0.00000128. The SMILES string of the molecule is F[B-](F)(F)Cc1cccc(C2CNC2)n1.[K+]. The monoisotopic (exact) mass is 254 g/mol. The van der Waals surface area contributed by atoms with Crippen molar-refractivity contribution >= 4 is 6.98 Å². The van der Waals surface area contributed by atoms with Crippen molar-refractivity contribution in [3.05, 3.63) is 29.6 Å². The van der Waals surface area contributed by atoms with E-state index in [0.717, 1.165) is 18.8 Å². The minimum absolute atomic E-state index is 0. The molecular formula is C9H11BF3KN2. The molecule has 1 aromatic rings. The molecule has 1 fully saturated rings. The maximum absolute atomic E-state index is 12.2. The smallest absolute Gasteiger partial charge is 0.449 e. The molecule has 1 aromatic heterocycles. The van der Waals surface area contributed by atoms with Crippen LogP contribution in [0.25, 0.3) is 0 Å². The van der Waals surface area contributed by atoms with Crippen molar-refractivity contribution in [1.82, 2.24) is 10.3 Å². The van der Waals surface area contributed by atoms with E-state index in [-0.39, 0.29) is 63.0 Å². The van der Waals surface area contributed by atoms with Crippen LogP contribution in [0.1, 0.15) is 17.3 Å². The number of nitrogens with zero attached hydrogens (tertiary/aromatic N) is 1. The van der Waals surface area contributed by atoms with E-state index in [1.807, 2.05) is 0 Å². The molecule has 1 N–H and O–H groups in total. The topological polar surface area (TPSA) is 24.9 Å². The molecule has 2 nitrogen and oxygen atoms in total. The molecule has 0 aliphatic carbocycles. The Labute approximate surface area is 135 Å². The van der Waals surface area contributed by atoms with Gasteiger partial charge in [0.25, 0.3) is 0 Å². The zero-order valence-corrected chi connectivity index (χ0v) is 12.2. The fourth-order valence-electron chi connectivity index (χ4n) is 1.57. The van der Waals surface area contributed by atoms with Gasteiger partial charge >= 0.3 is 58.4 Å². The summed E-state index contributed by atoms with van der Waals surface area (Å²) in [4.78, 5) is 4.04. The van der Waals surface area contributed by atoms with Gasteiger partial charge in [-0.1, -0.05) is 6.07 Å². The van der Waals surface area contributed by atoms with Gasteiger partial charge in [-0.3, -0.25) is 4.98 Å². The zero-order chi connectivity index (χ0) is 10.9. The maximum atomic E-state index is 12.2. The summed E-state index contributed by atoms with van der Waals surface area (Å²) in [6.07, 6.45) is -0.881. The number of rotatable bonds is 3. The Morgan fingerprint density at radius 1 is 1.31 bits per heavy atom. The molecule has 16 heavy (non-hydrogen) atoms. The Morgan fingerprint density at radius 2 is 2.00 bits per heavy atom. The summed E-state index contributed by atoms with van der Waals surface area (Å²) in [6.45, 7) is -3.16. The number of hydrogen-bond donors (Lipinski definition) is 1. The molecule has 2 heterocycles. The Hall–Kier alpha value is 0.601. The Morgan fingerprint density at radius 3 is 2.50 bits per heavy atom. The van der Waals surface area contributed by atoms with Gasteiger partial charge < -0.3 is 18.3 Å². The molecule has 0 spiro atoms. The van der Waals surface area contributed by atoms with Gasteiger partial charge in [0.05, 0.1) is 0 Å². The van der Waals surface area contributed by atoms with E-state index in [1.165, 1.54) is 6.07 Å². The molecule has 82 valence electrons. The zero-order valence-electron chi connectivity index (χ0n) is 9.09. The molecule has 7 heteroatoms. The van der Waals surface area contributed by atoms with Crippen LogP contribution in [0.3, 0.4) is 0 Å². The van der Waals surface area contributed by atoms with Gasteiger partial charge in [0.15, 0.2) is 0 Å². The summed E-state index contributed by atoms with van der Waals surface area (Å²) in [5.74, 6) is 0.283. The first-order valence-electron chi connectivity index (χ1n) is 4.92. The molecule has 0 radical (unpaired) electrons. The molecule has 0 saturated carbocycles. The van der Waals surface area contributed by atoms with Crippen LogP contribution in [0.4, 0.5) is 12.9 Å². The number of nitrogens with one attached hydrogen (secondary N) is 1. The fraction of sp³-hybridized carbons (Fsp3) is 0.444. The van der Waals surface area contributed by atoms with Crippen LogP contribution in [-0.4, -0.2) is 25.1 Å². The van der Waals surface area contributed by atoms with Crippen molar-refractivity contribution in [3.63, 3.8) is 0 Å². The average Bonchev–Trinajstić information content (AvgIpc) is 1.97. The standard InChI is InChI=1S/C9H11BF3N2.K/c11-10(12,13)4-8-2-1-3-9(15-8)7-5-14-6-7;/h1-3,7,14H,4-6H2;/q-1;+1. The van der Waals surface area contributed by atoms with Gasteiger partial charge in [-0.2, -0.15) is 0 Å². The summed E-state index contributed by atoms with van der Waals surface area (Å²) in [6, 6.07) is 4.88. The van der Waals surface area contributed by atoms with Crippen LogP contribution in [0.5, 0.6) is 0 Å². The van der Waals surface area contributed by atoms with Gasteiger partial charge in [-0.25, -0.2) is 0 Å². The average molecular weight is 254 g/mol. The second-order valence-electron chi connectivity index (χ2n) is 3.82. The van der Waals surface area contributed by atoms with E-state index in [2.05, 4.69) is 10.3 Å². The van der Waals surface area contributed by atoms with E-state index in [9.17, 15) is 12.9 Å². The quantitative estimate of drug-likeness (QED) is 0.678. The fourth-order valence-corrected chi connectivity index (χ4v) is 1.57. The number of hydrogen-bond acceptors (Lipinski definition) is 2. The Kier molecular flexibility index (Phi) is 5.47. The van der Waals surface area contributed by atoms with E-state index in [4.69, 9.17) is 0 Å². The van der Waals surface area contributed by atoms with Gasteiger partial charge in [0.2, 0.25) is 0 Å². The first kappa shape index (κ1) is 14.7.